The number of carbonyl (C=O) groups is 3. The fourth-order valence-electron chi connectivity index (χ4n) is 5.57. The second-order valence-corrected chi connectivity index (χ2v) is 10.9. The lowest BCUT2D eigenvalue weighted by molar-refractivity contribution is -0.120. The number of piperazine rings is 1. The number of benzene rings is 2. The molecule has 3 aromatic rings. The highest BCUT2D eigenvalue weighted by Gasteiger charge is 2.28. The molecule has 218 valence electrons. The predicted molar refractivity (Wildman–Crippen MR) is 164 cm³/mol. The van der Waals surface area contributed by atoms with Crippen LogP contribution in [0.3, 0.4) is 0 Å². The zero-order valence-electron chi connectivity index (χ0n) is 24.6. The van der Waals surface area contributed by atoms with E-state index in [1.807, 2.05) is 54.3 Å². The normalized spacial score (nSPS) is 16.0. The first kappa shape index (κ1) is 29.2. The highest BCUT2D eigenvalue weighted by molar-refractivity contribution is 6.28. The Morgan fingerprint density at radius 1 is 0.929 bits per heavy atom. The monoisotopic (exact) mass is 567 g/mol. The predicted octanol–water partition coefficient (Wildman–Crippen LogP) is 3.88. The number of carbonyl (C=O) groups excluding carboxylic acids is 3. The van der Waals surface area contributed by atoms with Gasteiger partial charge in [-0.15, -0.1) is 0 Å². The number of pyridine rings is 1. The highest BCUT2D eigenvalue weighted by atomic mass is 16.5. The first-order chi connectivity index (χ1) is 20.2. The van der Waals surface area contributed by atoms with Crippen LogP contribution in [-0.4, -0.2) is 85.9 Å². The van der Waals surface area contributed by atoms with Gasteiger partial charge in [0.1, 0.15) is 5.82 Å². The highest BCUT2D eigenvalue weighted by Crippen LogP contribution is 2.33. The average Bonchev–Trinajstić information content (AvgIpc) is 3.42. The molecule has 2 aromatic carbocycles. The van der Waals surface area contributed by atoms with Gasteiger partial charge in [-0.05, 0) is 61.9 Å². The lowest BCUT2D eigenvalue weighted by Crippen LogP contribution is -2.48. The maximum atomic E-state index is 13.2. The fourth-order valence-corrected chi connectivity index (χ4v) is 5.57. The molecule has 0 unspecified atom stereocenters. The molecule has 9 heteroatoms. The van der Waals surface area contributed by atoms with Crippen LogP contribution in [0.15, 0.2) is 60.7 Å². The Labute approximate surface area is 246 Å². The summed E-state index contributed by atoms with van der Waals surface area (Å²) >= 11 is 0. The van der Waals surface area contributed by atoms with E-state index in [9.17, 15) is 14.4 Å². The third-order valence-corrected chi connectivity index (χ3v) is 7.90. The standard InChI is InChI=1S/C33H37N5O4/c1-22-20-25(33(41)42-4)10-11-26(22)31(23(2)39)32(24-8-6-5-7-9-24)35-29-13-12-28-27(34-29)14-15-38(28)30(40)21-37-18-16-36(3)17-19-37/h5-13,20H,14-19,21H2,1-4H3,(H,34,35)/b32-31+. The summed E-state index contributed by atoms with van der Waals surface area (Å²) in [5.74, 6) is 0.119. The molecule has 1 aromatic heterocycles. The Kier molecular flexibility index (Phi) is 8.80. The molecular weight excluding hydrogens is 530 g/mol. The molecule has 0 bridgehead atoms. The number of rotatable bonds is 8. The number of Topliss-reactive ketones (excluding diaryl/α,β-unsaturated/α-hetero) is 1. The van der Waals surface area contributed by atoms with E-state index in [0.717, 1.165) is 48.7 Å². The van der Waals surface area contributed by atoms with Crippen LogP contribution in [0.5, 0.6) is 0 Å². The number of ether oxygens (including phenoxy) is 1. The number of nitrogens with one attached hydrogen (secondary N) is 1. The molecule has 0 radical (unpaired) electrons. The largest absolute Gasteiger partial charge is 0.465 e. The second-order valence-electron chi connectivity index (χ2n) is 10.9. The third-order valence-electron chi connectivity index (χ3n) is 7.90. The molecule has 2 aliphatic rings. The Bertz CT molecular complexity index is 1530. The number of anilines is 2. The van der Waals surface area contributed by atoms with Gasteiger partial charge in [0.15, 0.2) is 5.78 Å². The van der Waals surface area contributed by atoms with Gasteiger partial charge in [0.25, 0.3) is 0 Å². The van der Waals surface area contributed by atoms with Crippen molar-refractivity contribution in [3.8, 4) is 0 Å². The molecule has 0 aliphatic carbocycles. The molecule has 1 amide bonds. The number of amides is 1. The lowest BCUT2D eigenvalue weighted by Gasteiger charge is -2.32. The molecular formula is C33H37N5O4. The second kappa shape index (κ2) is 12.7. The maximum Gasteiger partial charge on any atom is 0.337 e. The van der Waals surface area contributed by atoms with Crippen molar-refractivity contribution in [2.75, 3.05) is 63.6 Å². The maximum absolute atomic E-state index is 13.2. The molecule has 1 N–H and O–H groups in total. The van der Waals surface area contributed by atoms with Crippen molar-refractivity contribution in [2.45, 2.75) is 20.3 Å². The number of aryl methyl sites for hydroxylation is 1. The summed E-state index contributed by atoms with van der Waals surface area (Å²) in [4.78, 5) is 49.7. The lowest BCUT2D eigenvalue weighted by atomic mass is 9.92. The number of likely N-dealkylation sites (N-methyl/N-ethyl adjacent to an activating group) is 1. The Morgan fingerprint density at radius 3 is 2.33 bits per heavy atom. The van der Waals surface area contributed by atoms with Crippen molar-refractivity contribution < 1.29 is 19.1 Å². The van der Waals surface area contributed by atoms with Crippen LogP contribution in [0.25, 0.3) is 11.3 Å². The summed E-state index contributed by atoms with van der Waals surface area (Å²) < 4.78 is 4.87. The van der Waals surface area contributed by atoms with Crippen LogP contribution in [0.4, 0.5) is 11.5 Å². The van der Waals surface area contributed by atoms with Crippen LogP contribution in [0, 0.1) is 6.92 Å². The van der Waals surface area contributed by atoms with E-state index in [0.29, 0.717) is 47.7 Å². The van der Waals surface area contributed by atoms with E-state index in [-0.39, 0.29) is 11.7 Å². The van der Waals surface area contributed by atoms with Gasteiger partial charge in [0.2, 0.25) is 5.91 Å². The number of allylic oxidation sites excluding steroid dienone is 1. The number of ketones is 1. The number of fused-ring (bicyclic) bond motifs is 1. The number of esters is 1. The topological polar surface area (TPSA) is 95.1 Å². The van der Waals surface area contributed by atoms with Crippen molar-refractivity contribution in [2.24, 2.45) is 0 Å². The van der Waals surface area contributed by atoms with Crippen molar-refractivity contribution in [3.05, 3.63) is 88.6 Å². The molecule has 0 saturated carbocycles. The van der Waals surface area contributed by atoms with Crippen LogP contribution >= 0.6 is 0 Å². The molecule has 0 atom stereocenters. The molecule has 9 nitrogen and oxygen atoms in total. The number of hydrogen-bond donors (Lipinski definition) is 1. The Hall–Kier alpha value is -4.34. The molecule has 5 rings (SSSR count). The van der Waals surface area contributed by atoms with Crippen molar-refractivity contribution >= 4 is 40.4 Å². The minimum atomic E-state index is -0.433. The first-order valence-corrected chi connectivity index (χ1v) is 14.2. The van der Waals surface area contributed by atoms with Gasteiger partial charge in [-0.3, -0.25) is 14.5 Å². The summed E-state index contributed by atoms with van der Waals surface area (Å²) in [6.45, 7) is 8.13. The van der Waals surface area contributed by atoms with Crippen molar-refractivity contribution in [3.63, 3.8) is 0 Å². The number of nitrogens with zero attached hydrogens (tertiary/aromatic N) is 4. The zero-order valence-corrected chi connectivity index (χ0v) is 24.6. The summed E-state index contributed by atoms with van der Waals surface area (Å²) in [7, 11) is 3.45. The fraction of sp³-hybridized carbons (Fsp3) is 0.333. The van der Waals surface area contributed by atoms with E-state index in [4.69, 9.17) is 9.72 Å². The Morgan fingerprint density at radius 2 is 1.67 bits per heavy atom. The summed E-state index contributed by atoms with van der Waals surface area (Å²) in [6, 6.07) is 18.6. The van der Waals surface area contributed by atoms with E-state index in [1.54, 1.807) is 18.2 Å². The summed E-state index contributed by atoms with van der Waals surface area (Å²) in [6.07, 6.45) is 0.664. The van der Waals surface area contributed by atoms with Crippen LogP contribution in [-0.2, 0) is 20.7 Å². The van der Waals surface area contributed by atoms with Gasteiger partial charge < -0.3 is 19.9 Å². The van der Waals surface area contributed by atoms with Gasteiger partial charge in [0, 0.05) is 44.7 Å². The average molecular weight is 568 g/mol. The number of methoxy groups -OCH3 is 1. The summed E-state index contributed by atoms with van der Waals surface area (Å²) in [5, 5.41) is 3.43. The molecule has 1 fully saturated rings. The van der Waals surface area contributed by atoms with E-state index < -0.39 is 5.97 Å². The molecule has 3 heterocycles. The Balaban J connectivity index is 1.46. The van der Waals surface area contributed by atoms with E-state index in [1.165, 1.54) is 14.0 Å². The van der Waals surface area contributed by atoms with Crippen molar-refractivity contribution in [1.29, 1.82) is 0 Å². The molecule has 1 saturated heterocycles. The van der Waals surface area contributed by atoms with Gasteiger partial charge in [-0.1, -0.05) is 36.4 Å². The van der Waals surface area contributed by atoms with Crippen LogP contribution < -0.4 is 10.2 Å². The van der Waals surface area contributed by atoms with Crippen LogP contribution in [0.2, 0.25) is 0 Å². The third kappa shape index (κ3) is 6.27. The molecule has 0 spiro atoms. The first-order valence-electron chi connectivity index (χ1n) is 14.2. The number of hydrogen-bond acceptors (Lipinski definition) is 8. The van der Waals surface area contributed by atoms with Crippen molar-refractivity contribution in [1.82, 2.24) is 14.8 Å². The van der Waals surface area contributed by atoms with Gasteiger partial charge in [-0.2, -0.15) is 0 Å². The molecule has 42 heavy (non-hydrogen) atoms. The minimum absolute atomic E-state index is 0.0930. The molecule has 2 aliphatic heterocycles. The van der Waals surface area contributed by atoms with Crippen LogP contribution in [0.1, 0.15) is 39.7 Å². The quantitative estimate of drug-likeness (QED) is 0.249. The van der Waals surface area contributed by atoms with E-state index >= 15 is 0 Å². The summed E-state index contributed by atoms with van der Waals surface area (Å²) in [5.41, 5.74) is 5.52. The van der Waals surface area contributed by atoms with Gasteiger partial charge in [-0.25, -0.2) is 9.78 Å². The number of aromatic nitrogens is 1. The minimum Gasteiger partial charge on any atom is -0.465 e. The van der Waals surface area contributed by atoms with Gasteiger partial charge in [0.05, 0.1) is 36.3 Å². The zero-order chi connectivity index (χ0) is 29.8. The smallest absolute Gasteiger partial charge is 0.337 e. The SMILES string of the molecule is COC(=O)c1ccc(/C(C(C)=O)=C(/Nc2ccc3c(n2)CCN3C(=O)CN2CCN(C)CC2)c2ccccc2)c(C)c1. The van der Waals surface area contributed by atoms with E-state index in [2.05, 4.69) is 22.2 Å². The van der Waals surface area contributed by atoms with Gasteiger partial charge >= 0.3 is 5.97 Å².